The number of hydrogen-bond acceptors (Lipinski definition) is 10. The van der Waals surface area contributed by atoms with Crippen LogP contribution < -0.4 is 9.47 Å². The van der Waals surface area contributed by atoms with Crippen molar-refractivity contribution in [3.05, 3.63) is 111 Å². The number of halogens is 2. The van der Waals surface area contributed by atoms with Crippen molar-refractivity contribution in [2.24, 2.45) is 0 Å². The maximum Gasteiger partial charge on any atom is 0.323 e. The van der Waals surface area contributed by atoms with E-state index in [0.29, 0.717) is 45.9 Å². The van der Waals surface area contributed by atoms with E-state index in [2.05, 4.69) is 10.3 Å². The molecule has 0 saturated carbocycles. The Kier molecular flexibility index (Phi) is 10.9. The van der Waals surface area contributed by atoms with E-state index in [1.165, 1.54) is 19.2 Å². The zero-order valence-electron chi connectivity index (χ0n) is 25.5. The van der Waals surface area contributed by atoms with Gasteiger partial charge in [-0.25, -0.2) is 4.63 Å². The number of hydrogen-bond donors (Lipinski definition) is 0. The van der Waals surface area contributed by atoms with Crippen molar-refractivity contribution >= 4 is 46.7 Å². The molecule has 5 aromatic rings. The first-order valence-corrected chi connectivity index (χ1v) is 15.2. The van der Waals surface area contributed by atoms with Gasteiger partial charge in [-0.15, -0.1) is 12.4 Å². The molecular formula is C34H32Cl2N4O7. The van der Waals surface area contributed by atoms with Crippen molar-refractivity contribution in [3.63, 3.8) is 0 Å². The van der Waals surface area contributed by atoms with E-state index in [1.54, 1.807) is 12.1 Å². The maximum absolute atomic E-state index is 12.6. The minimum absolute atomic E-state index is 0. The first-order chi connectivity index (χ1) is 22.4. The summed E-state index contributed by atoms with van der Waals surface area (Å²) in [5.74, 6) is 0.0855. The van der Waals surface area contributed by atoms with Gasteiger partial charge in [-0.05, 0) is 53.0 Å². The van der Waals surface area contributed by atoms with Gasteiger partial charge in [0, 0.05) is 35.4 Å². The van der Waals surface area contributed by atoms with Crippen molar-refractivity contribution in [2.45, 2.75) is 45.1 Å². The summed E-state index contributed by atoms with van der Waals surface area (Å²) in [5.41, 5.74) is 4.77. The molecule has 1 aliphatic heterocycles. The molecule has 2 heterocycles. The number of esters is 1. The van der Waals surface area contributed by atoms with E-state index >= 15 is 0 Å². The van der Waals surface area contributed by atoms with Gasteiger partial charge in [0.2, 0.25) is 5.75 Å². The molecule has 1 aromatic heterocycles. The number of methoxy groups -OCH3 is 1. The first kappa shape index (κ1) is 33.6. The van der Waals surface area contributed by atoms with E-state index in [0.717, 1.165) is 29.5 Å². The lowest BCUT2D eigenvalue weighted by molar-refractivity contribution is -0.386. The predicted octanol–water partition coefficient (Wildman–Crippen LogP) is 7.56. The third kappa shape index (κ3) is 7.65. The summed E-state index contributed by atoms with van der Waals surface area (Å²) in [6.45, 7) is 1.01. The SMILES string of the molecule is COC(=O)[C@@H]1CCCCN1Cc1cc([N+](=O)[O-])c(OCc2cccc(-c3ccccc3)c2Cl)cc1OCc1ccc2nonc2c1.Cl. The van der Waals surface area contributed by atoms with Crippen LogP contribution in [0, 0.1) is 10.1 Å². The normalized spacial score (nSPS) is 14.7. The first-order valence-electron chi connectivity index (χ1n) is 14.8. The Morgan fingerprint density at radius 1 is 0.957 bits per heavy atom. The molecule has 47 heavy (non-hydrogen) atoms. The molecule has 1 saturated heterocycles. The molecule has 1 fully saturated rings. The Labute approximate surface area is 281 Å². The van der Waals surface area contributed by atoms with E-state index in [-0.39, 0.29) is 49.6 Å². The fraction of sp³-hybridized carbons (Fsp3) is 0.265. The number of carbonyl (C=O) groups is 1. The highest BCUT2D eigenvalue weighted by atomic mass is 35.5. The van der Waals surface area contributed by atoms with Crippen LogP contribution in [0.4, 0.5) is 5.69 Å². The summed E-state index contributed by atoms with van der Waals surface area (Å²) < 4.78 is 22.2. The number of rotatable bonds is 11. The Bertz CT molecular complexity index is 1870. The molecule has 0 aliphatic carbocycles. The van der Waals surface area contributed by atoms with Gasteiger partial charge in [-0.3, -0.25) is 19.8 Å². The summed E-state index contributed by atoms with van der Waals surface area (Å²) in [7, 11) is 1.36. The molecule has 1 aliphatic rings. The highest BCUT2D eigenvalue weighted by Gasteiger charge is 2.31. The third-order valence-corrected chi connectivity index (χ3v) is 8.50. The molecule has 4 aromatic carbocycles. The molecule has 0 bridgehead atoms. The molecule has 1 atom stereocenters. The smallest absolute Gasteiger partial charge is 0.323 e. The van der Waals surface area contributed by atoms with Gasteiger partial charge < -0.3 is 14.2 Å². The molecule has 0 N–H and O–H groups in total. The fourth-order valence-corrected chi connectivity index (χ4v) is 5.97. The number of carbonyl (C=O) groups excluding carboxylic acids is 1. The molecular weight excluding hydrogens is 647 g/mol. The van der Waals surface area contributed by atoms with E-state index in [9.17, 15) is 14.9 Å². The van der Waals surface area contributed by atoms with Crippen LogP contribution in [0.5, 0.6) is 11.5 Å². The average molecular weight is 680 g/mol. The van der Waals surface area contributed by atoms with E-state index in [4.69, 9.17) is 30.4 Å². The number of nitro groups is 1. The summed E-state index contributed by atoms with van der Waals surface area (Å²) in [6.07, 6.45) is 2.42. The molecule has 0 unspecified atom stereocenters. The quantitative estimate of drug-likeness (QED) is 0.0783. The monoisotopic (exact) mass is 678 g/mol. The molecule has 6 rings (SSSR count). The van der Waals surface area contributed by atoms with Crippen molar-refractivity contribution in [2.75, 3.05) is 13.7 Å². The predicted molar refractivity (Wildman–Crippen MR) is 178 cm³/mol. The van der Waals surface area contributed by atoms with Crippen LogP contribution in [-0.2, 0) is 29.3 Å². The van der Waals surface area contributed by atoms with Gasteiger partial charge in [0.1, 0.15) is 36.0 Å². The second kappa shape index (κ2) is 15.3. The summed E-state index contributed by atoms with van der Waals surface area (Å²) >= 11 is 6.78. The Balaban J connectivity index is 0.00000433. The summed E-state index contributed by atoms with van der Waals surface area (Å²) in [4.78, 5) is 26.4. The van der Waals surface area contributed by atoms with Crippen LogP contribution in [0.3, 0.4) is 0 Å². The topological polar surface area (TPSA) is 130 Å². The lowest BCUT2D eigenvalue weighted by atomic mass is 10.0. The van der Waals surface area contributed by atoms with Gasteiger partial charge in [-0.2, -0.15) is 0 Å². The number of benzene rings is 4. The van der Waals surface area contributed by atoms with E-state index < -0.39 is 11.0 Å². The molecule has 0 radical (unpaired) electrons. The largest absolute Gasteiger partial charge is 0.488 e. The average Bonchev–Trinajstić information content (AvgIpc) is 3.56. The van der Waals surface area contributed by atoms with Gasteiger partial charge in [0.15, 0.2) is 0 Å². The number of fused-ring (bicyclic) bond motifs is 1. The highest BCUT2D eigenvalue weighted by molar-refractivity contribution is 6.34. The molecule has 0 spiro atoms. The van der Waals surface area contributed by atoms with Crippen LogP contribution >= 0.6 is 24.0 Å². The number of ether oxygens (including phenoxy) is 3. The molecule has 11 nitrogen and oxygen atoms in total. The highest BCUT2D eigenvalue weighted by Crippen LogP contribution is 2.38. The lowest BCUT2D eigenvalue weighted by Crippen LogP contribution is -2.44. The summed E-state index contributed by atoms with van der Waals surface area (Å²) in [5, 5.41) is 20.6. The number of aromatic nitrogens is 2. The standard InChI is InChI=1S/C34H31ClN4O7.ClH/c1-43-34(40)29-12-5-6-15-38(29)19-25-17-30(39(41)42)32(18-31(25)44-20-22-13-14-27-28(16-22)37-46-36-27)45-21-24-10-7-11-26(33(24)35)23-8-3-2-4-9-23;/h2-4,7-11,13-14,16-18,29H,5-6,12,15,19-21H2,1H3;1H/t29-;/m0./s1. The molecule has 0 amide bonds. The van der Waals surface area contributed by atoms with Crippen molar-refractivity contribution in [1.29, 1.82) is 0 Å². The van der Waals surface area contributed by atoms with Crippen LogP contribution in [0.2, 0.25) is 5.02 Å². The molecule has 13 heteroatoms. The number of nitro benzene ring substituents is 1. The van der Waals surface area contributed by atoms with Gasteiger partial charge in [-0.1, -0.05) is 72.6 Å². The van der Waals surface area contributed by atoms with Gasteiger partial charge in [0.25, 0.3) is 0 Å². The Morgan fingerprint density at radius 2 is 1.74 bits per heavy atom. The number of likely N-dealkylation sites (tertiary alicyclic amines) is 1. The van der Waals surface area contributed by atoms with Crippen LogP contribution in [0.1, 0.15) is 36.0 Å². The Hall–Kier alpha value is -4.71. The van der Waals surface area contributed by atoms with Crippen molar-refractivity contribution < 1.29 is 28.6 Å². The second-order valence-corrected chi connectivity index (χ2v) is 11.4. The van der Waals surface area contributed by atoms with Crippen LogP contribution in [-0.4, -0.2) is 45.8 Å². The van der Waals surface area contributed by atoms with E-state index in [1.807, 2.05) is 59.5 Å². The fourth-order valence-electron chi connectivity index (χ4n) is 5.68. The molecule has 244 valence electrons. The Morgan fingerprint density at radius 3 is 2.53 bits per heavy atom. The van der Waals surface area contributed by atoms with Crippen LogP contribution in [0.25, 0.3) is 22.2 Å². The zero-order valence-corrected chi connectivity index (χ0v) is 27.0. The van der Waals surface area contributed by atoms with Crippen LogP contribution in [0.15, 0.2) is 83.5 Å². The lowest BCUT2D eigenvalue weighted by Gasteiger charge is -2.34. The minimum Gasteiger partial charge on any atom is -0.488 e. The van der Waals surface area contributed by atoms with Gasteiger partial charge in [0.05, 0.1) is 17.1 Å². The summed E-state index contributed by atoms with van der Waals surface area (Å²) in [6, 6.07) is 23.3. The number of nitrogens with zero attached hydrogens (tertiary/aromatic N) is 4. The maximum atomic E-state index is 12.6. The number of piperidine rings is 1. The zero-order chi connectivity index (χ0) is 32.0. The van der Waals surface area contributed by atoms with Crippen molar-refractivity contribution in [3.8, 4) is 22.6 Å². The second-order valence-electron chi connectivity index (χ2n) is 11.0. The minimum atomic E-state index is -0.482. The van der Waals surface area contributed by atoms with Gasteiger partial charge >= 0.3 is 11.7 Å². The third-order valence-electron chi connectivity index (χ3n) is 8.06. The van der Waals surface area contributed by atoms with Crippen molar-refractivity contribution in [1.82, 2.24) is 15.2 Å².